The fraction of sp³-hybridized carbons (Fsp3) is 0.529. The molecular weight excluding hydrogens is 250 g/mol. The van der Waals surface area contributed by atoms with Crippen molar-refractivity contribution in [3.63, 3.8) is 0 Å². The maximum Gasteiger partial charge on any atom is 0.119 e. The number of aliphatic hydroxyl groups excluding tert-OH is 1. The lowest BCUT2D eigenvalue weighted by Gasteiger charge is -2.30. The molecule has 110 valence electrons. The number of fused-ring (bicyclic) bond motifs is 1. The second-order valence-corrected chi connectivity index (χ2v) is 5.37. The number of benzene rings is 1. The highest BCUT2D eigenvalue weighted by molar-refractivity contribution is 5.37. The van der Waals surface area contributed by atoms with E-state index in [0.717, 1.165) is 44.6 Å². The molecule has 2 rings (SSSR count). The highest BCUT2D eigenvalue weighted by Gasteiger charge is 2.18. The van der Waals surface area contributed by atoms with E-state index in [-0.39, 0.29) is 6.10 Å². The van der Waals surface area contributed by atoms with Crippen molar-refractivity contribution in [3.05, 3.63) is 42.0 Å². The van der Waals surface area contributed by atoms with Gasteiger partial charge in [0.1, 0.15) is 5.75 Å². The van der Waals surface area contributed by atoms with E-state index in [9.17, 15) is 5.11 Å². The van der Waals surface area contributed by atoms with Crippen LogP contribution in [0.1, 0.15) is 30.9 Å². The minimum atomic E-state index is -0.260. The number of hydrogen-bond acceptors (Lipinski definition) is 3. The van der Waals surface area contributed by atoms with Gasteiger partial charge in [0.15, 0.2) is 0 Å². The Morgan fingerprint density at radius 3 is 3.05 bits per heavy atom. The van der Waals surface area contributed by atoms with E-state index < -0.39 is 0 Å². The third-order valence-corrected chi connectivity index (χ3v) is 3.75. The molecule has 1 heterocycles. The fourth-order valence-electron chi connectivity index (χ4n) is 2.70. The lowest BCUT2D eigenvalue weighted by atomic mass is 9.99. The predicted octanol–water partition coefficient (Wildman–Crippen LogP) is 2.77. The van der Waals surface area contributed by atoms with Gasteiger partial charge in [-0.15, -0.1) is 6.58 Å². The predicted molar refractivity (Wildman–Crippen MR) is 82.0 cm³/mol. The Morgan fingerprint density at radius 2 is 2.30 bits per heavy atom. The molecule has 20 heavy (non-hydrogen) atoms. The second kappa shape index (κ2) is 7.46. The molecule has 0 spiro atoms. The van der Waals surface area contributed by atoms with Crippen LogP contribution in [-0.4, -0.2) is 35.8 Å². The molecule has 3 heteroatoms. The van der Waals surface area contributed by atoms with Crippen molar-refractivity contribution >= 4 is 0 Å². The summed E-state index contributed by atoms with van der Waals surface area (Å²) in [6, 6.07) is 6.36. The molecule has 0 radical (unpaired) electrons. The lowest BCUT2D eigenvalue weighted by molar-refractivity contribution is 0.0993. The highest BCUT2D eigenvalue weighted by atomic mass is 16.5. The summed E-state index contributed by atoms with van der Waals surface area (Å²) in [5.74, 6) is 0.945. The number of β-amino-alcohol motifs (C(OH)–C–C–N with tert-alkyl or cyclic N) is 1. The zero-order valence-electron chi connectivity index (χ0n) is 12.3. The summed E-state index contributed by atoms with van der Waals surface area (Å²) in [4.78, 5) is 2.33. The summed E-state index contributed by atoms with van der Waals surface area (Å²) in [6.07, 6.45) is 4.33. The van der Waals surface area contributed by atoms with Crippen molar-refractivity contribution in [2.45, 2.75) is 38.8 Å². The normalized spacial score (nSPS) is 16.5. The van der Waals surface area contributed by atoms with Gasteiger partial charge in [0.05, 0.1) is 12.7 Å². The number of nitrogens with zero attached hydrogens (tertiary/aromatic N) is 1. The summed E-state index contributed by atoms with van der Waals surface area (Å²) in [5, 5.41) is 10.0. The molecule has 1 aliphatic rings. The van der Waals surface area contributed by atoms with E-state index in [4.69, 9.17) is 4.74 Å². The third-order valence-electron chi connectivity index (χ3n) is 3.75. The molecule has 1 N–H and O–H groups in total. The molecular formula is C17H25NO2. The summed E-state index contributed by atoms with van der Waals surface area (Å²) in [7, 11) is 0. The highest BCUT2D eigenvalue weighted by Crippen LogP contribution is 2.24. The molecule has 0 aromatic heterocycles. The number of hydrogen-bond donors (Lipinski definition) is 1. The van der Waals surface area contributed by atoms with E-state index in [1.54, 1.807) is 0 Å². The molecule has 1 aromatic rings. The molecule has 0 amide bonds. The van der Waals surface area contributed by atoms with Crippen LogP contribution in [0.4, 0.5) is 0 Å². The Hall–Kier alpha value is -1.32. The van der Waals surface area contributed by atoms with Gasteiger partial charge in [-0.05, 0) is 49.4 Å². The van der Waals surface area contributed by atoms with Gasteiger partial charge in [-0.3, -0.25) is 4.90 Å². The Morgan fingerprint density at radius 1 is 1.45 bits per heavy atom. The molecule has 0 saturated heterocycles. The topological polar surface area (TPSA) is 32.7 Å². The second-order valence-electron chi connectivity index (χ2n) is 5.37. The van der Waals surface area contributed by atoms with Crippen LogP contribution in [0.25, 0.3) is 0 Å². The van der Waals surface area contributed by atoms with Crippen LogP contribution in [0.15, 0.2) is 30.9 Å². The standard InChI is InChI=1S/C17H25NO2/c1-3-5-6-16(19)13-18-10-9-14-7-8-17(20-4-2)11-15(14)12-18/h3,7-8,11,16,19H,1,4-6,9-10,12-13H2,2H3. The van der Waals surface area contributed by atoms with Crippen LogP contribution in [0.5, 0.6) is 5.75 Å². The van der Waals surface area contributed by atoms with Gasteiger partial charge in [-0.25, -0.2) is 0 Å². The zero-order chi connectivity index (χ0) is 14.4. The van der Waals surface area contributed by atoms with E-state index >= 15 is 0 Å². The van der Waals surface area contributed by atoms with E-state index in [2.05, 4.69) is 29.7 Å². The van der Waals surface area contributed by atoms with Gasteiger partial charge in [0.2, 0.25) is 0 Å². The van der Waals surface area contributed by atoms with Crippen LogP contribution in [0.2, 0.25) is 0 Å². The largest absolute Gasteiger partial charge is 0.494 e. The summed E-state index contributed by atoms with van der Waals surface area (Å²) in [6.45, 7) is 9.06. The van der Waals surface area contributed by atoms with E-state index in [0.29, 0.717) is 6.61 Å². The van der Waals surface area contributed by atoms with E-state index in [1.807, 2.05) is 13.0 Å². The van der Waals surface area contributed by atoms with Gasteiger partial charge in [-0.1, -0.05) is 12.1 Å². The van der Waals surface area contributed by atoms with Crippen molar-refractivity contribution in [1.82, 2.24) is 4.90 Å². The first-order chi connectivity index (χ1) is 9.72. The Kier molecular flexibility index (Phi) is 5.62. The molecule has 1 atom stereocenters. The minimum Gasteiger partial charge on any atom is -0.494 e. The maximum absolute atomic E-state index is 10.0. The fourth-order valence-corrected chi connectivity index (χ4v) is 2.70. The van der Waals surface area contributed by atoms with Crippen LogP contribution in [0, 0.1) is 0 Å². The summed E-state index contributed by atoms with van der Waals surface area (Å²) >= 11 is 0. The van der Waals surface area contributed by atoms with Crippen LogP contribution in [0.3, 0.4) is 0 Å². The average Bonchev–Trinajstić information content (AvgIpc) is 2.45. The Bertz CT molecular complexity index is 445. The van der Waals surface area contributed by atoms with Crippen LogP contribution < -0.4 is 4.74 Å². The molecule has 0 saturated carbocycles. The quantitative estimate of drug-likeness (QED) is 0.777. The smallest absolute Gasteiger partial charge is 0.119 e. The average molecular weight is 275 g/mol. The number of rotatable bonds is 7. The molecule has 0 aliphatic carbocycles. The van der Waals surface area contributed by atoms with Gasteiger partial charge in [-0.2, -0.15) is 0 Å². The molecule has 3 nitrogen and oxygen atoms in total. The molecule has 1 aliphatic heterocycles. The first-order valence-corrected chi connectivity index (χ1v) is 7.48. The maximum atomic E-state index is 10.0. The van der Waals surface area contributed by atoms with Gasteiger partial charge >= 0.3 is 0 Å². The zero-order valence-corrected chi connectivity index (χ0v) is 12.3. The minimum absolute atomic E-state index is 0.260. The number of ether oxygens (including phenoxy) is 1. The third kappa shape index (κ3) is 4.09. The SMILES string of the molecule is C=CCCC(O)CN1CCc2ccc(OCC)cc2C1. The molecule has 0 fully saturated rings. The van der Waals surface area contributed by atoms with Crippen molar-refractivity contribution in [2.75, 3.05) is 19.7 Å². The lowest BCUT2D eigenvalue weighted by Crippen LogP contribution is -2.36. The monoisotopic (exact) mass is 275 g/mol. The number of aliphatic hydroxyl groups is 1. The number of allylic oxidation sites excluding steroid dienone is 1. The first kappa shape index (κ1) is 15.1. The van der Waals surface area contributed by atoms with Crippen LogP contribution in [-0.2, 0) is 13.0 Å². The van der Waals surface area contributed by atoms with Gasteiger partial charge in [0, 0.05) is 19.6 Å². The van der Waals surface area contributed by atoms with Gasteiger partial charge in [0.25, 0.3) is 0 Å². The van der Waals surface area contributed by atoms with Crippen molar-refractivity contribution in [3.8, 4) is 5.75 Å². The Balaban J connectivity index is 1.94. The molecule has 0 bridgehead atoms. The summed E-state index contributed by atoms with van der Waals surface area (Å²) in [5.41, 5.74) is 2.74. The molecule has 1 aromatic carbocycles. The summed E-state index contributed by atoms with van der Waals surface area (Å²) < 4.78 is 5.56. The first-order valence-electron chi connectivity index (χ1n) is 7.48. The van der Waals surface area contributed by atoms with Crippen molar-refractivity contribution in [2.24, 2.45) is 0 Å². The molecule has 1 unspecified atom stereocenters. The Labute approximate surface area is 121 Å². The van der Waals surface area contributed by atoms with E-state index in [1.165, 1.54) is 11.1 Å². The van der Waals surface area contributed by atoms with Crippen molar-refractivity contribution < 1.29 is 9.84 Å². The van der Waals surface area contributed by atoms with Gasteiger partial charge < -0.3 is 9.84 Å². The van der Waals surface area contributed by atoms with Crippen molar-refractivity contribution in [1.29, 1.82) is 0 Å². The van der Waals surface area contributed by atoms with Crippen LogP contribution >= 0.6 is 0 Å².